The van der Waals surface area contributed by atoms with Gasteiger partial charge in [-0.05, 0) is 53.4 Å². The minimum Gasteiger partial charge on any atom is -0.356 e. The predicted molar refractivity (Wildman–Crippen MR) is 138 cm³/mol. The summed E-state index contributed by atoms with van der Waals surface area (Å²) in [5, 5.41) is 2.41. The molecule has 0 bridgehead atoms. The van der Waals surface area contributed by atoms with Crippen molar-refractivity contribution in [1.82, 2.24) is 14.8 Å². The van der Waals surface area contributed by atoms with E-state index in [1.54, 1.807) is 9.80 Å². The molecule has 0 aliphatic carbocycles. The third kappa shape index (κ3) is 3.89. The van der Waals surface area contributed by atoms with Gasteiger partial charge in [-0.3, -0.25) is 9.59 Å². The van der Waals surface area contributed by atoms with Gasteiger partial charge in [0.15, 0.2) is 0 Å². The van der Waals surface area contributed by atoms with E-state index in [-0.39, 0.29) is 24.4 Å². The summed E-state index contributed by atoms with van der Waals surface area (Å²) >= 11 is 12.2. The molecule has 1 N–H and O–H groups in total. The fourth-order valence-electron chi connectivity index (χ4n) is 5.42. The van der Waals surface area contributed by atoms with Gasteiger partial charge in [0.1, 0.15) is 6.04 Å². The van der Waals surface area contributed by atoms with Gasteiger partial charge >= 0.3 is 0 Å². The maximum Gasteiger partial charge on any atom is 0.246 e. The van der Waals surface area contributed by atoms with Crippen molar-refractivity contribution in [2.24, 2.45) is 0 Å². The van der Waals surface area contributed by atoms with Crippen LogP contribution in [0.25, 0.3) is 10.9 Å². The normalized spacial score (nSPS) is 19.7. The van der Waals surface area contributed by atoms with Gasteiger partial charge in [0.05, 0.1) is 12.6 Å². The molecule has 2 aliphatic rings. The Bertz CT molecular complexity index is 1430. The first-order valence-corrected chi connectivity index (χ1v) is 12.4. The smallest absolute Gasteiger partial charge is 0.246 e. The molecule has 2 amide bonds. The van der Waals surface area contributed by atoms with E-state index in [1.807, 2.05) is 66.7 Å². The highest BCUT2D eigenvalue weighted by molar-refractivity contribution is 6.30. The molecule has 35 heavy (non-hydrogen) atoms. The standard InChI is InChI=1S/C28H23Cl2N3O2/c29-19-9-5-17(6-10-19)13-14-32-16-25(34)33-24(28(32)35)15-22-21-3-1-2-4-23(21)31-26(22)27(33)18-7-11-20(30)12-8-18/h1-12,24,27,31H,13-16H2. The van der Waals surface area contributed by atoms with Crippen LogP contribution >= 0.6 is 23.2 Å². The molecule has 4 aromatic rings. The van der Waals surface area contributed by atoms with Crippen LogP contribution in [-0.4, -0.2) is 45.7 Å². The lowest BCUT2D eigenvalue weighted by Gasteiger charge is -2.47. The van der Waals surface area contributed by atoms with Crippen molar-refractivity contribution in [3.63, 3.8) is 0 Å². The van der Waals surface area contributed by atoms with Gasteiger partial charge in [0, 0.05) is 39.6 Å². The molecule has 3 heterocycles. The summed E-state index contributed by atoms with van der Waals surface area (Å²) in [4.78, 5) is 34.4. The van der Waals surface area contributed by atoms with Crippen LogP contribution in [0.15, 0.2) is 72.8 Å². The number of aromatic nitrogens is 1. The largest absolute Gasteiger partial charge is 0.356 e. The number of nitrogens with one attached hydrogen (secondary N) is 1. The number of aromatic amines is 1. The van der Waals surface area contributed by atoms with Crippen LogP contribution in [0.3, 0.4) is 0 Å². The van der Waals surface area contributed by atoms with E-state index in [0.29, 0.717) is 29.4 Å². The van der Waals surface area contributed by atoms with Crippen LogP contribution in [0.5, 0.6) is 0 Å². The first kappa shape index (κ1) is 22.2. The summed E-state index contributed by atoms with van der Waals surface area (Å²) in [7, 11) is 0. The van der Waals surface area contributed by atoms with Crippen LogP contribution in [-0.2, 0) is 22.4 Å². The minimum atomic E-state index is -0.547. The zero-order chi connectivity index (χ0) is 24.1. The van der Waals surface area contributed by atoms with Crippen LogP contribution in [0.2, 0.25) is 10.0 Å². The summed E-state index contributed by atoms with van der Waals surface area (Å²) < 4.78 is 0. The van der Waals surface area contributed by atoms with Gasteiger partial charge < -0.3 is 14.8 Å². The molecule has 0 spiro atoms. The molecule has 1 saturated heterocycles. The number of nitrogens with zero attached hydrogens (tertiary/aromatic N) is 2. The van der Waals surface area contributed by atoms with Crippen molar-refractivity contribution in [1.29, 1.82) is 0 Å². The Kier molecular flexibility index (Phi) is 5.54. The van der Waals surface area contributed by atoms with E-state index in [9.17, 15) is 9.59 Å². The van der Waals surface area contributed by atoms with Gasteiger partial charge in [-0.2, -0.15) is 0 Å². The number of rotatable bonds is 4. The fraction of sp³-hybridized carbons (Fsp3) is 0.214. The Morgan fingerprint density at radius 2 is 1.57 bits per heavy atom. The Hall–Kier alpha value is -3.28. The van der Waals surface area contributed by atoms with Crippen molar-refractivity contribution in [3.05, 3.63) is 105 Å². The molecular weight excluding hydrogens is 481 g/mol. The monoisotopic (exact) mass is 503 g/mol. The predicted octanol–water partition coefficient (Wildman–Crippen LogP) is 5.40. The number of para-hydroxylation sites is 1. The molecule has 2 unspecified atom stereocenters. The second-order valence-corrected chi connectivity index (χ2v) is 10.0. The fourth-order valence-corrected chi connectivity index (χ4v) is 5.67. The molecular formula is C28H23Cl2N3O2. The molecule has 1 fully saturated rings. The maximum atomic E-state index is 13.8. The van der Waals surface area contributed by atoms with Gasteiger partial charge in [0.2, 0.25) is 11.8 Å². The highest BCUT2D eigenvalue weighted by Gasteiger charge is 2.48. The van der Waals surface area contributed by atoms with Crippen molar-refractivity contribution < 1.29 is 9.59 Å². The average molecular weight is 504 g/mol. The number of hydrogen-bond acceptors (Lipinski definition) is 2. The van der Waals surface area contributed by atoms with Crippen molar-refractivity contribution in [3.8, 4) is 0 Å². The first-order chi connectivity index (χ1) is 17.0. The third-order valence-corrected chi connectivity index (χ3v) is 7.62. The van der Waals surface area contributed by atoms with Gasteiger partial charge in [0.25, 0.3) is 0 Å². The van der Waals surface area contributed by atoms with Crippen LogP contribution in [0, 0.1) is 0 Å². The molecule has 3 aromatic carbocycles. The molecule has 1 aromatic heterocycles. The first-order valence-electron chi connectivity index (χ1n) is 11.7. The summed E-state index contributed by atoms with van der Waals surface area (Å²) in [5.74, 6) is -0.0524. The van der Waals surface area contributed by atoms with E-state index < -0.39 is 6.04 Å². The van der Waals surface area contributed by atoms with E-state index in [4.69, 9.17) is 23.2 Å². The third-order valence-electron chi connectivity index (χ3n) is 7.11. The summed E-state index contributed by atoms with van der Waals surface area (Å²) in [6, 6.07) is 22.3. The van der Waals surface area contributed by atoms with Gasteiger partial charge in [-0.15, -0.1) is 0 Å². The van der Waals surface area contributed by atoms with E-state index >= 15 is 0 Å². The lowest BCUT2D eigenvalue weighted by atomic mass is 9.86. The van der Waals surface area contributed by atoms with Crippen molar-refractivity contribution in [2.75, 3.05) is 13.1 Å². The topological polar surface area (TPSA) is 56.4 Å². The quantitative estimate of drug-likeness (QED) is 0.405. The number of piperazine rings is 1. The molecule has 0 saturated carbocycles. The minimum absolute atomic E-state index is 0.00606. The Labute approximate surface area is 213 Å². The van der Waals surface area contributed by atoms with E-state index in [0.717, 1.165) is 33.3 Å². The van der Waals surface area contributed by atoms with Crippen LogP contribution in [0.1, 0.15) is 28.4 Å². The molecule has 7 heteroatoms. The molecule has 2 atom stereocenters. The SMILES string of the molecule is O=C1C2Cc3c([nH]c4ccccc34)C(c3ccc(Cl)cc3)N2C(=O)CN1CCc1ccc(Cl)cc1. The molecule has 0 radical (unpaired) electrons. The molecule has 2 aliphatic heterocycles. The Morgan fingerprint density at radius 3 is 2.31 bits per heavy atom. The highest BCUT2D eigenvalue weighted by Crippen LogP contribution is 2.42. The zero-order valence-corrected chi connectivity index (χ0v) is 20.4. The number of amides is 2. The average Bonchev–Trinajstić information content (AvgIpc) is 3.24. The number of H-pyrrole nitrogens is 1. The van der Waals surface area contributed by atoms with Crippen LogP contribution < -0.4 is 0 Å². The molecule has 6 rings (SSSR count). The highest BCUT2D eigenvalue weighted by atomic mass is 35.5. The number of halogens is 2. The number of hydrogen-bond donors (Lipinski definition) is 1. The molecule has 5 nitrogen and oxygen atoms in total. The maximum absolute atomic E-state index is 13.8. The lowest BCUT2D eigenvalue weighted by molar-refractivity contribution is -0.158. The Morgan fingerprint density at radius 1 is 0.886 bits per heavy atom. The number of carbonyl (C=O) groups excluding carboxylic acids is 2. The van der Waals surface area contributed by atoms with Crippen molar-refractivity contribution >= 4 is 45.9 Å². The van der Waals surface area contributed by atoms with E-state index in [2.05, 4.69) is 11.1 Å². The van der Waals surface area contributed by atoms with Gasteiger partial charge in [-0.25, -0.2) is 0 Å². The summed E-state index contributed by atoms with van der Waals surface area (Å²) in [5.41, 5.74) is 5.10. The van der Waals surface area contributed by atoms with E-state index in [1.165, 1.54) is 0 Å². The Balaban J connectivity index is 1.38. The second-order valence-electron chi connectivity index (χ2n) is 9.17. The zero-order valence-electron chi connectivity index (χ0n) is 18.9. The summed E-state index contributed by atoms with van der Waals surface area (Å²) in [6.07, 6.45) is 1.16. The summed E-state index contributed by atoms with van der Waals surface area (Å²) in [6.45, 7) is 0.561. The number of fused-ring (bicyclic) bond motifs is 4. The number of carbonyl (C=O) groups is 2. The second kappa shape index (κ2) is 8.74. The molecule has 176 valence electrons. The van der Waals surface area contributed by atoms with Crippen LogP contribution in [0.4, 0.5) is 0 Å². The van der Waals surface area contributed by atoms with Gasteiger partial charge in [-0.1, -0.05) is 65.7 Å². The lowest BCUT2D eigenvalue weighted by Crippen LogP contribution is -2.63. The van der Waals surface area contributed by atoms with Crippen molar-refractivity contribution in [2.45, 2.75) is 24.9 Å². The number of benzene rings is 3.